The molecule has 0 saturated carbocycles. The van der Waals surface area contributed by atoms with Crippen molar-refractivity contribution in [3.05, 3.63) is 28.6 Å². The fraction of sp³-hybridized carbons (Fsp3) is 0.125. The van der Waals surface area contributed by atoms with E-state index in [-0.39, 0.29) is 5.88 Å². The van der Waals surface area contributed by atoms with E-state index in [4.69, 9.17) is 4.74 Å². The molecule has 0 aliphatic rings. The van der Waals surface area contributed by atoms with Gasteiger partial charge in [-0.25, -0.2) is 4.39 Å². The lowest BCUT2D eigenvalue weighted by molar-refractivity contribution is 0.357. The van der Waals surface area contributed by atoms with Crippen molar-refractivity contribution in [3.63, 3.8) is 0 Å². The topological polar surface area (TPSA) is 26.5 Å². The normalized spacial score (nSPS) is 10.7. The molecule has 0 amide bonds. The van der Waals surface area contributed by atoms with Crippen LogP contribution in [0.25, 0.3) is 5.52 Å². The standard InChI is InChI=1S/C8H6BrFN2O/c1-13-8-6(10)2-3-7-5(9)4-11-12(7)8/h2-4H,1H3. The average molecular weight is 245 g/mol. The van der Waals surface area contributed by atoms with Gasteiger partial charge in [-0.2, -0.15) is 9.61 Å². The first-order valence-corrected chi connectivity index (χ1v) is 4.39. The summed E-state index contributed by atoms with van der Waals surface area (Å²) < 4.78 is 20.2. The predicted octanol–water partition coefficient (Wildman–Crippen LogP) is 2.24. The molecule has 5 heteroatoms. The van der Waals surface area contributed by atoms with Gasteiger partial charge in [0.05, 0.1) is 23.3 Å². The Morgan fingerprint density at radius 2 is 2.31 bits per heavy atom. The number of methoxy groups -OCH3 is 1. The van der Waals surface area contributed by atoms with Crippen LogP contribution in [0.3, 0.4) is 0 Å². The third kappa shape index (κ3) is 1.19. The van der Waals surface area contributed by atoms with Crippen molar-refractivity contribution in [3.8, 4) is 5.88 Å². The smallest absolute Gasteiger partial charge is 0.251 e. The Labute approximate surface area is 82.2 Å². The second-order valence-electron chi connectivity index (χ2n) is 2.48. The second kappa shape index (κ2) is 2.99. The molecular weight excluding hydrogens is 239 g/mol. The lowest BCUT2D eigenvalue weighted by Crippen LogP contribution is -1.98. The van der Waals surface area contributed by atoms with Gasteiger partial charge in [-0.1, -0.05) is 0 Å². The maximum atomic E-state index is 13.1. The molecule has 0 fully saturated rings. The van der Waals surface area contributed by atoms with Crippen LogP contribution in [0.15, 0.2) is 22.8 Å². The van der Waals surface area contributed by atoms with Gasteiger partial charge >= 0.3 is 0 Å². The number of ether oxygens (including phenoxy) is 1. The van der Waals surface area contributed by atoms with E-state index in [1.165, 1.54) is 17.7 Å². The number of fused-ring (bicyclic) bond motifs is 1. The Morgan fingerprint density at radius 1 is 1.54 bits per heavy atom. The molecule has 0 aliphatic heterocycles. The maximum Gasteiger partial charge on any atom is 0.251 e. The lowest BCUT2D eigenvalue weighted by Gasteiger charge is -2.03. The number of hydrogen-bond acceptors (Lipinski definition) is 2. The number of nitrogens with zero attached hydrogens (tertiary/aromatic N) is 2. The number of aromatic nitrogens is 2. The zero-order valence-electron chi connectivity index (χ0n) is 6.79. The molecule has 0 aromatic carbocycles. The van der Waals surface area contributed by atoms with Gasteiger partial charge in [0.2, 0.25) is 0 Å². The maximum absolute atomic E-state index is 13.1. The van der Waals surface area contributed by atoms with Gasteiger partial charge in [-0.15, -0.1) is 0 Å². The molecule has 3 nitrogen and oxygen atoms in total. The van der Waals surface area contributed by atoms with Gasteiger partial charge in [0.25, 0.3) is 5.88 Å². The number of rotatable bonds is 1. The summed E-state index contributed by atoms with van der Waals surface area (Å²) in [6, 6.07) is 2.98. The molecule has 2 aromatic heterocycles. The van der Waals surface area contributed by atoms with Crippen LogP contribution in [0, 0.1) is 5.82 Å². The molecule has 0 saturated heterocycles. The van der Waals surface area contributed by atoms with E-state index in [1.807, 2.05) is 0 Å². The Balaban J connectivity index is 2.85. The summed E-state index contributed by atoms with van der Waals surface area (Å²) in [6.07, 6.45) is 1.59. The summed E-state index contributed by atoms with van der Waals surface area (Å²) in [4.78, 5) is 0. The third-order valence-electron chi connectivity index (χ3n) is 1.74. The quantitative estimate of drug-likeness (QED) is 0.770. The van der Waals surface area contributed by atoms with E-state index in [0.29, 0.717) is 0 Å². The fourth-order valence-corrected chi connectivity index (χ4v) is 1.55. The minimum Gasteiger partial charge on any atom is -0.479 e. The van der Waals surface area contributed by atoms with Crippen LogP contribution in [0.1, 0.15) is 0 Å². The fourth-order valence-electron chi connectivity index (χ4n) is 1.16. The second-order valence-corrected chi connectivity index (χ2v) is 3.33. The molecule has 0 radical (unpaired) electrons. The molecule has 2 aromatic rings. The summed E-state index contributed by atoms with van der Waals surface area (Å²) in [7, 11) is 1.41. The van der Waals surface area contributed by atoms with Gasteiger partial charge in [-0.3, -0.25) is 0 Å². The van der Waals surface area contributed by atoms with Crippen molar-refractivity contribution in [2.75, 3.05) is 7.11 Å². The van der Waals surface area contributed by atoms with Crippen molar-refractivity contribution < 1.29 is 9.13 Å². The number of hydrogen-bond donors (Lipinski definition) is 0. The summed E-state index contributed by atoms with van der Waals surface area (Å²) in [5.74, 6) is -0.311. The van der Waals surface area contributed by atoms with E-state index >= 15 is 0 Å². The van der Waals surface area contributed by atoms with E-state index in [2.05, 4.69) is 21.0 Å². The van der Waals surface area contributed by atoms with Crippen molar-refractivity contribution in [1.29, 1.82) is 0 Å². The average Bonchev–Trinajstić information content (AvgIpc) is 2.48. The highest BCUT2D eigenvalue weighted by Crippen LogP contribution is 2.23. The largest absolute Gasteiger partial charge is 0.479 e. The van der Waals surface area contributed by atoms with Crippen LogP contribution in [0.2, 0.25) is 0 Å². The highest BCUT2D eigenvalue weighted by molar-refractivity contribution is 9.10. The molecule has 0 N–H and O–H groups in total. The van der Waals surface area contributed by atoms with Crippen LogP contribution in [-0.4, -0.2) is 16.7 Å². The zero-order chi connectivity index (χ0) is 9.42. The molecule has 0 aliphatic carbocycles. The predicted molar refractivity (Wildman–Crippen MR) is 49.4 cm³/mol. The SMILES string of the molecule is COc1c(F)ccc2c(Br)cnn12. The van der Waals surface area contributed by atoms with E-state index in [9.17, 15) is 4.39 Å². The van der Waals surface area contributed by atoms with E-state index in [1.54, 1.807) is 12.3 Å². The molecule has 68 valence electrons. The molecule has 0 unspecified atom stereocenters. The van der Waals surface area contributed by atoms with E-state index < -0.39 is 5.82 Å². The van der Waals surface area contributed by atoms with Gasteiger partial charge in [0.1, 0.15) is 0 Å². The monoisotopic (exact) mass is 244 g/mol. The zero-order valence-corrected chi connectivity index (χ0v) is 8.38. The Morgan fingerprint density at radius 3 is 3.00 bits per heavy atom. The molecular formula is C8H6BrFN2O. The molecule has 13 heavy (non-hydrogen) atoms. The highest BCUT2D eigenvalue weighted by atomic mass is 79.9. The molecule has 2 heterocycles. The summed E-state index contributed by atoms with van der Waals surface area (Å²) in [5.41, 5.74) is 0.776. The molecule has 0 spiro atoms. The highest BCUT2D eigenvalue weighted by Gasteiger charge is 2.10. The van der Waals surface area contributed by atoms with Gasteiger partial charge < -0.3 is 4.74 Å². The summed E-state index contributed by atoms with van der Waals surface area (Å²) >= 11 is 3.29. The molecule has 2 rings (SSSR count). The Bertz CT molecular complexity index is 455. The van der Waals surface area contributed by atoms with Gasteiger partial charge in [0.15, 0.2) is 5.82 Å². The minimum absolute atomic E-state index is 0.114. The number of halogens is 2. The number of pyridine rings is 1. The third-order valence-corrected chi connectivity index (χ3v) is 2.35. The van der Waals surface area contributed by atoms with Gasteiger partial charge in [0, 0.05) is 0 Å². The first-order valence-electron chi connectivity index (χ1n) is 3.60. The van der Waals surface area contributed by atoms with Crippen molar-refractivity contribution in [2.24, 2.45) is 0 Å². The molecule has 0 atom stereocenters. The first-order chi connectivity index (χ1) is 6.24. The van der Waals surface area contributed by atoms with Crippen LogP contribution < -0.4 is 4.74 Å². The Hall–Kier alpha value is -1.10. The van der Waals surface area contributed by atoms with Crippen molar-refractivity contribution in [1.82, 2.24) is 9.61 Å². The van der Waals surface area contributed by atoms with Crippen molar-refractivity contribution in [2.45, 2.75) is 0 Å². The van der Waals surface area contributed by atoms with Crippen LogP contribution in [0.4, 0.5) is 4.39 Å². The lowest BCUT2D eigenvalue weighted by atomic mass is 10.4. The minimum atomic E-state index is -0.425. The first kappa shape index (κ1) is 8.50. The van der Waals surface area contributed by atoms with E-state index in [0.717, 1.165) is 9.99 Å². The Kier molecular flexibility index (Phi) is 1.95. The van der Waals surface area contributed by atoms with Crippen molar-refractivity contribution >= 4 is 21.4 Å². The van der Waals surface area contributed by atoms with Crippen LogP contribution in [-0.2, 0) is 0 Å². The van der Waals surface area contributed by atoms with Gasteiger partial charge in [-0.05, 0) is 28.1 Å². The summed E-state index contributed by atoms with van der Waals surface area (Å²) in [6.45, 7) is 0. The van der Waals surface area contributed by atoms with Crippen LogP contribution >= 0.6 is 15.9 Å². The molecule has 0 bridgehead atoms. The van der Waals surface area contributed by atoms with Crippen LogP contribution in [0.5, 0.6) is 5.88 Å². The summed E-state index contributed by atoms with van der Waals surface area (Å²) in [5, 5.41) is 3.95.